The number of allylic oxidation sites excluding steroid dienone is 1. The summed E-state index contributed by atoms with van der Waals surface area (Å²) in [5.41, 5.74) is 8.72. The second kappa shape index (κ2) is 3.08. The Balaban J connectivity index is 3.11. The maximum Gasteiger partial charge on any atom is 0.270 e. The molecule has 6 nitrogen and oxygen atoms in total. The number of aliphatic hydroxyl groups is 1. The monoisotopic (exact) mass is 205 g/mol. The molecule has 0 aromatic heterocycles. The van der Waals surface area contributed by atoms with Crippen molar-refractivity contribution in [1.29, 1.82) is 0 Å². The molecular formula is C6H8ClN3O3. The minimum absolute atomic E-state index is 0.140. The van der Waals surface area contributed by atoms with Crippen LogP contribution < -0.4 is 11.5 Å². The van der Waals surface area contributed by atoms with Gasteiger partial charge in [-0.3, -0.25) is 10.1 Å². The van der Waals surface area contributed by atoms with Gasteiger partial charge in [-0.2, -0.15) is 0 Å². The average molecular weight is 206 g/mol. The number of halogens is 1. The third-order valence-corrected chi connectivity index (χ3v) is 1.95. The molecule has 0 heterocycles. The van der Waals surface area contributed by atoms with E-state index < -0.39 is 16.7 Å². The molecule has 1 aliphatic rings. The second-order valence-electron chi connectivity index (χ2n) is 2.76. The van der Waals surface area contributed by atoms with Crippen molar-refractivity contribution in [3.8, 4) is 0 Å². The van der Waals surface area contributed by atoms with E-state index in [1.165, 1.54) is 0 Å². The molecule has 72 valence electrons. The van der Waals surface area contributed by atoms with Crippen molar-refractivity contribution >= 4 is 11.6 Å². The number of nitrogens with two attached hydrogens (primary N) is 2. The Bertz CT molecular complexity index is 310. The summed E-state index contributed by atoms with van der Waals surface area (Å²) in [4.78, 5) is 9.66. The molecule has 1 rings (SSSR count). The topological polar surface area (TPSA) is 115 Å². The first-order chi connectivity index (χ1) is 5.84. The zero-order valence-corrected chi connectivity index (χ0v) is 7.23. The van der Waals surface area contributed by atoms with E-state index in [0.29, 0.717) is 0 Å². The van der Waals surface area contributed by atoms with Crippen LogP contribution >= 0.6 is 11.6 Å². The first kappa shape index (κ1) is 10.1. The van der Waals surface area contributed by atoms with E-state index in [1.807, 2.05) is 0 Å². The van der Waals surface area contributed by atoms with Gasteiger partial charge in [0.05, 0.1) is 9.96 Å². The molecule has 13 heavy (non-hydrogen) atoms. The molecule has 0 spiro atoms. The van der Waals surface area contributed by atoms with Gasteiger partial charge < -0.3 is 16.6 Å². The largest absolute Gasteiger partial charge is 0.384 e. The van der Waals surface area contributed by atoms with Gasteiger partial charge in [0, 0.05) is 12.2 Å². The fraction of sp³-hybridized carbons (Fsp3) is 0.333. The number of rotatable bonds is 1. The standard InChI is InChI=1S/C6H8ClN3O3/c7-4-1-3(10(12)13)2-6(8,9)5(4)11/h1-2,5,11H,8-9H2. The lowest BCUT2D eigenvalue weighted by molar-refractivity contribution is -0.420. The lowest BCUT2D eigenvalue weighted by Crippen LogP contribution is -2.58. The molecule has 0 saturated carbocycles. The highest BCUT2D eigenvalue weighted by Gasteiger charge is 2.36. The molecule has 0 fully saturated rings. The van der Waals surface area contributed by atoms with Gasteiger partial charge in [-0.1, -0.05) is 11.6 Å². The first-order valence-corrected chi connectivity index (χ1v) is 3.72. The highest BCUT2D eigenvalue weighted by Crippen LogP contribution is 2.24. The zero-order valence-electron chi connectivity index (χ0n) is 6.48. The van der Waals surface area contributed by atoms with Gasteiger partial charge in [-0.15, -0.1) is 0 Å². The van der Waals surface area contributed by atoms with Crippen LogP contribution in [0.3, 0.4) is 0 Å². The highest BCUT2D eigenvalue weighted by molar-refractivity contribution is 6.30. The van der Waals surface area contributed by atoms with E-state index in [4.69, 9.17) is 23.1 Å². The molecule has 0 amide bonds. The molecule has 0 aromatic rings. The van der Waals surface area contributed by atoms with Crippen molar-refractivity contribution in [3.05, 3.63) is 33.0 Å². The van der Waals surface area contributed by atoms with E-state index in [2.05, 4.69) is 0 Å². The third kappa shape index (κ3) is 1.86. The van der Waals surface area contributed by atoms with E-state index in [0.717, 1.165) is 12.2 Å². The summed E-state index contributed by atoms with van der Waals surface area (Å²) in [6, 6.07) is 0. The van der Waals surface area contributed by atoms with Crippen LogP contribution in [0.5, 0.6) is 0 Å². The Hall–Kier alpha value is -0.950. The van der Waals surface area contributed by atoms with Gasteiger partial charge in [0.2, 0.25) is 0 Å². The Morgan fingerprint density at radius 2 is 2.23 bits per heavy atom. The summed E-state index contributed by atoms with van der Waals surface area (Å²) in [5.74, 6) is 0. The van der Waals surface area contributed by atoms with Gasteiger partial charge in [-0.05, 0) is 0 Å². The zero-order chi connectivity index (χ0) is 10.2. The van der Waals surface area contributed by atoms with E-state index in [9.17, 15) is 15.2 Å². The molecule has 0 radical (unpaired) electrons. The SMILES string of the molecule is NC1(N)C=C([N+](=O)[O-])C=C(Cl)C1O. The molecule has 0 aliphatic heterocycles. The molecule has 0 saturated heterocycles. The molecule has 0 bridgehead atoms. The maximum atomic E-state index is 10.3. The molecule has 5 N–H and O–H groups in total. The van der Waals surface area contributed by atoms with Gasteiger partial charge in [0.25, 0.3) is 5.70 Å². The Morgan fingerprint density at radius 3 is 2.62 bits per heavy atom. The summed E-state index contributed by atoms with van der Waals surface area (Å²) in [5, 5.41) is 19.5. The fourth-order valence-corrected chi connectivity index (χ4v) is 1.24. The minimum Gasteiger partial charge on any atom is -0.384 e. The second-order valence-corrected chi connectivity index (χ2v) is 3.19. The predicted molar refractivity (Wildman–Crippen MR) is 46.1 cm³/mol. The fourth-order valence-electron chi connectivity index (χ4n) is 0.941. The number of nitro groups is 1. The maximum absolute atomic E-state index is 10.3. The quantitative estimate of drug-likeness (QED) is 0.296. The first-order valence-electron chi connectivity index (χ1n) is 3.35. The van der Waals surface area contributed by atoms with Crippen LogP contribution in [0.2, 0.25) is 0 Å². The molecule has 1 unspecified atom stereocenters. The number of hydrogen-bond donors (Lipinski definition) is 3. The van der Waals surface area contributed by atoms with Crippen LogP contribution in [0.15, 0.2) is 22.9 Å². The smallest absolute Gasteiger partial charge is 0.270 e. The molecule has 7 heteroatoms. The van der Waals surface area contributed by atoms with Crippen LogP contribution in [0.25, 0.3) is 0 Å². The number of nitrogens with zero attached hydrogens (tertiary/aromatic N) is 1. The average Bonchev–Trinajstić information content (AvgIpc) is 1.99. The van der Waals surface area contributed by atoms with Gasteiger partial charge in [-0.25, -0.2) is 0 Å². The molecule has 0 aromatic carbocycles. The molecular weight excluding hydrogens is 198 g/mol. The molecule has 1 aliphatic carbocycles. The number of hydrogen-bond acceptors (Lipinski definition) is 5. The van der Waals surface area contributed by atoms with Crippen molar-refractivity contribution < 1.29 is 10.0 Å². The van der Waals surface area contributed by atoms with Crippen molar-refractivity contribution in [2.75, 3.05) is 0 Å². The van der Waals surface area contributed by atoms with Crippen LogP contribution in [-0.2, 0) is 0 Å². The Kier molecular flexibility index (Phi) is 2.40. The van der Waals surface area contributed by atoms with Crippen LogP contribution in [0.4, 0.5) is 0 Å². The van der Waals surface area contributed by atoms with Crippen molar-refractivity contribution in [1.82, 2.24) is 0 Å². The van der Waals surface area contributed by atoms with E-state index in [1.54, 1.807) is 0 Å². The van der Waals surface area contributed by atoms with Crippen LogP contribution in [0, 0.1) is 10.1 Å². The summed E-state index contributed by atoms with van der Waals surface area (Å²) >= 11 is 5.50. The normalized spacial score (nSPS) is 26.3. The Labute approximate surface area is 78.6 Å². The predicted octanol–water partition coefficient (Wildman–Crippen LogP) is -0.742. The summed E-state index contributed by atoms with van der Waals surface area (Å²) in [7, 11) is 0. The minimum atomic E-state index is -1.69. The van der Waals surface area contributed by atoms with Crippen molar-refractivity contribution in [2.45, 2.75) is 11.8 Å². The van der Waals surface area contributed by atoms with Gasteiger partial charge in [0.15, 0.2) is 0 Å². The van der Waals surface area contributed by atoms with E-state index in [-0.39, 0.29) is 10.7 Å². The van der Waals surface area contributed by atoms with E-state index >= 15 is 0 Å². The summed E-state index contributed by atoms with van der Waals surface area (Å²) in [6.07, 6.45) is 0.672. The highest BCUT2D eigenvalue weighted by atomic mass is 35.5. The van der Waals surface area contributed by atoms with Gasteiger partial charge >= 0.3 is 0 Å². The van der Waals surface area contributed by atoms with Crippen LogP contribution in [0.1, 0.15) is 0 Å². The Morgan fingerprint density at radius 1 is 1.69 bits per heavy atom. The molecule has 1 atom stereocenters. The summed E-state index contributed by atoms with van der Waals surface area (Å²) < 4.78 is 0. The third-order valence-electron chi connectivity index (χ3n) is 1.63. The summed E-state index contributed by atoms with van der Waals surface area (Å²) in [6.45, 7) is 0. The van der Waals surface area contributed by atoms with Crippen molar-refractivity contribution in [3.63, 3.8) is 0 Å². The van der Waals surface area contributed by atoms with Crippen molar-refractivity contribution in [2.24, 2.45) is 11.5 Å². The lowest BCUT2D eigenvalue weighted by Gasteiger charge is -2.28. The number of aliphatic hydroxyl groups excluding tert-OH is 1. The lowest BCUT2D eigenvalue weighted by atomic mass is 9.98. The van der Waals surface area contributed by atoms with Gasteiger partial charge in [0.1, 0.15) is 11.8 Å². The van der Waals surface area contributed by atoms with Crippen LogP contribution in [-0.4, -0.2) is 21.8 Å².